The Morgan fingerprint density at radius 3 is 3.03 bits per heavy atom. The molecule has 1 unspecified atom stereocenters. The summed E-state index contributed by atoms with van der Waals surface area (Å²) in [6.07, 6.45) is 8.56. The molecule has 0 saturated carbocycles. The molecule has 8 nitrogen and oxygen atoms in total. The van der Waals surface area contributed by atoms with Gasteiger partial charge >= 0.3 is 0 Å². The summed E-state index contributed by atoms with van der Waals surface area (Å²) in [7, 11) is 0. The molecule has 2 aromatic heterocycles. The second kappa shape index (κ2) is 9.72. The summed E-state index contributed by atoms with van der Waals surface area (Å²) in [5.74, 6) is 0.438. The van der Waals surface area contributed by atoms with Crippen molar-refractivity contribution in [1.82, 2.24) is 25.0 Å². The minimum absolute atomic E-state index is 0.0327. The molecule has 1 aromatic carbocycles. The van der Waals surface area contributed by atoms with Gasteiger partial charge in [0.15, 0.2) is 5.82 Å². The molecule has 1 atom stereocenters. The fourth-order valence-corrected chi connectivity index (χ4v) is 3.86. The number of carbonyl (C=O) groups is 1. The molecule has 1 aliphatic rings. The second-order valence-electron chi connectivity index (χ2n) is 7.77. The third-order valence-electron chi connectivity index (χ3n) is 5.56. The van der Waals surface area contributed by atoms with Crippen LogP contribution in [0.1, 0.15) is 32.0 Å². The Hall–Kier alpha value is -3.23. The Morgan fingerprint density at radius 1 is 1.39 bits per heavy atom. The number of benzene rings is 1. The third kappa shape index (κ3) is 5.10. The molecule has 0 radical (unpaired) electrons. The highest BCUT2D eigenvalue weighted by Crippen LogP contribution is 2.29. The van der Waals surface area contributed by atoms with Crippen LogP contribution in [0, 0.1) is 11.7 Å². The number of aryl methyl sites for hydroxylation is 2. The maximum absolute atomic E-state index is 14.9. The quantitative estimate of drug-likeness (QED) is 0.557. The van der Waals surface area contributed by atoms with Crippen molar-refractivity contribution in [2.24, 2.45) is 5.92 Å². The topological polar surface area (TPSA) is 89.1 Å². The van der Waals surface area contributed by atoms with E-state index in [2.05, 4.69) is 20.4 Å². The summed E-state index contributed by atoms with van der Waals surface area (Å²) in [4.78, 5) is 22.8. The number of hydrogen-bond acceptors (Lipinski definition) is 6. The van der Waals surface area contributed by atoms with Crippen LogP contribution in [-0.2, 0) is 17.8 Å². The van der Waals surface area contributed by atoms with Gasteiger partial charge in [-0.1, -0.05) is 12.1 Å². The van der Waals surface area contributed by atoms with Gasteiger partial charge in [0.05, 0.1) is 17.9 Å². The molecule has 1 fully saturated rings. The van der Waals surface area contributed by atoms with E-state index >= 15 is 0 Å². The zero-order valence-electron chi connectivity index (χ0n) is 17.6. The van der Waals surface area contributed by atoms with Crippen molar-refractivity contribution < 1.29 is 13.7 Å². The molecule has 0 bridgehead atoms. The van der Waals surface area contributed by atoms with E-state index in [4.69, 9.17) is 4.52 Å². The van der Waals surface area contributed by atoms with Gasteiger partial charge in [-0.3, -0.25) is 4.79 Å². The van der Waals surface area contributed by atoms with Crippen LogP contribution in [-0.4, -0.2) is 45.2 Å². The number of piperidine rings is 1. The lowest BCUT2D eigenvalue weighted by molar-refractivity contribution is -0.125. The fraction of sp³-hybridized carbons (Fsp3) is 0.455. The molecule has 1 amide bonds. The van der Waals surface area contributed by atoms with Crippen molar-refractivity contribution >= 4 is 11.6 Å². The summed E-state index contributed by atoms with van der Waals surface area (Å²) < 4.78 is 22.1. The number of rotatable bonds is 8. The summed E-state index contributed by atoms with van der Waals surface area (Å²) in [5, 5.41) is 6.88. The predicted molar refractivity (Wildman–Crippen MR) is 114 cm³/mol. The van der Waals surface area contributed by atoms with Gasteiger partial charge in [0.1, 0.15) is 5.82 Å². The smallest absolute Gasteiger partial charge is 0.258 e. The number of nitrogens with zero attached hydrogens (tertiary/aromatic N) is 5. The minimum Gasteiger partial charge on any atom is -0.368 e. The van der Waals surface area contributed by atoms with E-state index < -0.39 is 0 Å². The van der Waals surface area contributed by atoms with E-state index in [1.165, 1.54) is 6.07 Å². The van der Waals surface area contributed by atoms with Gasteiger partial charge in [0.25, 0.3) is 5.89 Å². The maximum Gasteiger partial charge on any atom is 0.258 e. The summed E-state index contributed by atoms with van der Waals surface area (Å²) >= 11 is 0. The van der Waals surface area contributed by atoms with Crippen LogP contribution < -0.4 is 10.2 Å². The number of imidazole rings is 1. The minimum atomic E-state index is -0.352. The lowest BCUT2D eigenvalue weighted by atomic mass is 9.96. The van der Waals surface area contributed by atoms with Crippen molar-refractivity contribution in [3.63, 3.8) is 0 Å². The van der Waals surface area contributed by atoms with E-state index in [9.17, 15) is 9.18 Å². The number of amides is 1. The van der Waals surface area contributed by atoms with Gasteiger partial charge in [-0.25, -0.2) is 9.37 Å². The SMILES string of the molecule is CCc1noc(-c2ccc(N3CCCC(C(=O)NCCCn4ccnc4)C3)c(F)c2)n1. The average molecular weight is 426 g/mol. The van der Waals surface area contributed by atoms with Crippen LogP contribution >= 0.6 is 0 Å². The van der Waals surface area contributed by atoms with Crippen molar-refractivity contribution in [2.45, 2.75) is 39.2 Å². The van der Waals surface area contributed by atoms with Crippen LogP contribution in [0.15, 0.2) is 41.4 Å². The first-order valence-electron chi connectivity index (χ1n) is 10.7. The number of carbonyl (C=O) groups excluding carboxylic acids is 1. The van der Waals surface area contributed by atoms with Crippen molar-refractivity contribution in [1.29, 1.82) is 0 Å². The van der Waals surface area contributed by atoms with E-state index in [1.54, 1.807) is 24.7 Å². The Bertz CT molecular complexity index is 1000. The molecular weight excluding hydrogens is 399 g/mol. The third-order valence-corrected chi connectivity index (χ3v) is 5.56. The largest absolute Gasteiger partial charge is 0.368 e. The molecule has 9 heteroatoms. The van der Waals surface area contributed by atoms with E-state index in [1.807, 2.05) is 22.6 Å². The van der Waals surface area contributed by atoms with E-state index in [0.717, 1.165) is 32.4 Å². The van der Waals surface area contributed by atoms with Gasteiger partial charge in [-0.2, -0.15) is 4.98 Å². The normalized spacial score (nSPS) is 16.5. The molecular formula is C22H27FN6O2. The Morgan fingerprint density at radius 2 is 2.29 bits per heavy atom. The first-order chi connectivity index (χ1) is 15.1. The molecule has 164 valence electrons. The Labute approximate surface area is 180 Å². The second-order valence-corrected chi connectivity index (χ2v) is 7.77. The number of aromatic nitrogens is 4. The fourth-order valence-electron chi connectivity index (χ4n) is 3.86. The van der Waals surface area contributed by atoms with Crippen LogP contribution in [0.4, 0.5) is 10.1 Å². The van der Waals surface area contributed by atoms with Crippen LogP contribution in [0.5, 0.6) is 0 Å². The Kier molecular flexibility index (Phi) is 6.59. The van der Waals surface area contributed by atoms with Crippen molar-refractivity contribution in [3.8, 4) is 11.5 Å². The van der Waals surface area contributed by atoms with Gasteiger partial charge < -0.3 is 19.3 Å². The average Bonchev–Trinajstić information content (AvgIpc) is 3.48. The molecule has 0 aliphatic carbocycles. The van der Waals surface area contributed by atoms with Gasteiger partial charge in [-0.15, -0.1) is 0 Å². The van der Waals surface area contributed by atoms with Crippen molar-refractivity contribution in [2.75, 3.05) is 24.5 Å². The lowest BCUT2D eigenvalue weighted by Gasteiger charge is -2.34. The maximum atomic E-state index is 14.9. The molecule has 31 heavy (non-hydrogen) atoms. The zero-order chi connectivity index (χ0) is 21.6. The molecule has 3 aromatic rings. The molecule has 1 aliphatic heterocycles. The number of anilines is 1. The first kappa shape index (κ1) is 21.0. The zero-order valence-corrected chi connectivity index (χ0v) is 17.6. The summed E-state index contributed by atoms with van der Waals surface area (Å²) in [5.41, 5.74) is 1.05. The number of hydrogen-bond donors (Lipinski definition) is 1. The number of halogens is 1. The monoisotopic (exact) mass is 426 g/mol. The molecule has 0 spiro atoms. The van der Waals surface area contributed by atoms with E-state index in [-0.39, 0.29) is 17.6 Å². The van der Waals surface area contributed by atoms with Crippen LogP contribution in [0.25, 0.3) is 11.5 Å². The highest BCUT2D eigenvalue weighted by Gasteiger charge is 2.27. The van der Waals surface area contributed by atoms with Gasteiger partial charge in [0.2, 0.25) is 5.91 Å². The highest BCUT2D eigenvalue weighted by atomic mass is 19.1. The Balaban J connectivity index is 1.33. The number of nitrogens with one attached hydrogen (secondary N) is 1. The molecule has 4 rings (SSSR count). The predicted octanol–water partition coefficient (Wildman–Crippen LogP) is 3.06. The van der Waals surface area contributed by atoms with Gasteiger partial charge in [0, 0.05) is 50.6 Å². The summed E-state index contributed by atoms with van der Waals surface area (Å²) in [6.45, 7) is 4.58. The van der Waals surface area contributed by atoms with E-state index in [0.29, 0.717) is 42.5 Å². The lowest BCUT2D eigenvalue weighted by Crippen LogP contribution is -2.43. The highest BCUT2D eigenvalue weighted by molar-refractivity contribution is 5.79. The van der Waals surface area contributed by atoms with Crippen molar-refractivity contribution in [3.05, 3.63) is 48.6 Å². The molecule has 1 saturated heterocycles. The van der Waals surface area contributed by atoms with Gasteiger partial charge in [-0.05, 0) is 37.5 Å². The molecule has 1 N–H and O–H groups in total. The van der Waals surface area contributed by atoms with Crippen LogP contribution in [0.2, 0.25) is 0 Å². The first-order valence-corrected chi connectivity index (χ1v) is 10.7. The van der Waals surface area contributed by atoms with Crippen LogP contribution in [0.3, 0.4) is 0 Å². The summed E-state index contributed by atoms with van der Waals surface area (Å²) in [6, 6.07) is 4.93. The standard InChI is InChI=1S/C22H27FN6O2/c1-2-20-26-22(31-27-20)16-6-7-19(18(23)13-16)29-11-3-5-17(14-29)21(30)25-8-4-10-28-12-9-24-15-28/h6-7,9,12-13,15,17H,2-5,8,10-11,14H2,1H3,(H,25,30). The molecule has 3 heterocycles.